The highest BCUT2D eigenvalue weighted by atomic mass is 16.7. The molecular formula is C35H36O7. The zero-order valence-corrected chi connectivity index (χ0v) is 23.5. The molecule has 1 N–H and O–H groups in total. The molecule has 3 unspecified atom stereocenters. The SMILES string of the molecule is COc1ccc(COC2[C@H]3OC(c4ccccc4)O[C@@H]2[C@@H](OCc2ccccc2)C(O)[C@H]3OCc2ccccc2)cc1. The van der Waals surface area contributed by atoms with Crippen molar-refractivity contribution in [2.24, 2.45) is 0 Å². The van der Waals surface area contributed by atoms with Gasteiger partial charge in [-0.2, -0.15) is 0 Å². The predicted octanol–water partition coefficient (Wildman–Crippen LogP) is 5.61. The summed E-state index contributed by atoms with van der Waals surface area (Å²) >= 11 is 0. The van der Waals surface area contributed by atoms with Gasteiger partial charge in [0.1, 0.15) is 42.4 Å². The third-order valence-electron chi connectivity index (χ3n) is 7.77. The summed E-state index contributed by atoms with van der Waals surface area (Å²) in [6.45, 7) is 0.929. The molecule has 0 aromatic heterocycles. The fraction of sp³-hybridized carbons (Fsp3) is 0.314. The molecule has 0 amide bonds. The lowest BCUT2D eigenvalue weighted by Crippen LogP contribution is -2.69. The molecule has 2 fully saturated rings. The van der Waals surface area contributed by atoms with E-state index in [0.717, 1.165) is 28.0 Å². The Morgan fingerprint density at radius 3 is 1.45 bits per heavy atom. The Kier molecular flexibility index (Phi) is 9.25. The molecule has 0 radical (unpaired) electrons. The molecule has 2 bridgehead atoms. The van der Waals surface area contributed by atoms with Crippen LogP contribution in [0.15, 0.2) is 115 Å². The van der Waals surface area contributed by atoms with Crippen molar-refractivity contribution in [1.82, 2.24) is 0 Å². The minimum Gasteiger partial charge on any atom is -0.497 e. The van der Waals surface area contributed by atoms with Crippen LogP contribution in [0.3, 0.4) is 0 Å². The summed E-state index contributed by atoms with van der Waals surface area (Å²) in [5, 5.41) is 11.7. The predicted molar refractivity (Wildman–Crippen MR) is 157 cm³/mol. The Balaban J connectivity index is 1.30. The molecule has 42 heavy (non-hydrogen) atoms. The first kappa shape index (κ1) is 28.6. The minimum atomic E-state index is -1.01. The largest absolute Gasteiger partial charge is 0.497 e. The van der Waals surface area contributed by atoms with Gasteiger partial charge >= 0.3 is 0 Å². The van der Waals surface area contributed by atoms with Crippen LogP contribution < -0.4 is 4.74 Å². The van der Waals surface area contributed by atoms with Crippen LogP contribution in [0.2, 0.25) is 0 Å². The van der Waals surface area contributed by atoms with Gasteiger partial charge in [0.15, 0.2) is 6.29 Å². The molecule has 1 saturated heterocycles. The highest BCUT2D eigenvalue weighted by Crippen LogP contribution is 2.42. The van der Waals surface area contributed by atoms with Gasteiger partial charge in [0.25, 0.3) is 0 Å². The summed E-state index contributed by atoms with van der Waals surface area (Å²) in [7, 11) is 1.64. The third-order valence-corrected chi connectivity index (χ3v) is 7.77. The monoisotopic (exact) mass is 568 g/mol. The lowest BCUT2D eigenvalue weighted by Gasteiger charge is -2.53. The van der Waals surface area contributed by atoms with Crippen LogP contribution in [0, 0.1) is 0 Å². The molecule has 7 atom stereocenters. The Morgan fingerprint density at radius 1 is 0.548 bits per heavy atom. The molecular weight excluding hydrogens is 532 g/mol. The summed E-state index contributed by atoms with van der Waals surface area (Å²) in [4.78, 5) is 0. The van der Waals surface area contributed by atoms with Crippen molar-refractivity contribution < 1.29 is 33.5 Å². The lowest BCUT2D eigenvalue weighted by atomic mass is 9.83. The Morgan fingerprint density at radius 2 is 0.976 bits per heavy atom. The van der Waals surface area contributed by atoms with E-state index in [1.54, 1.807) is 7.11 Å². The Labute approximate surface area is 246 Å². The van der Waals surface area contributed by atoms with Crippen molar-refractivity contribution in [2.45, 2.75) is 62.7 Å². The molecule has 6 rings (SSSR count). The first-order valence-electron chi connectivity index (χ1n) is 14.3. The second-order valence-electron chi connectivity index (χ2n) is 10.6. The van der Waals surface area contributed by atoms with Crippen LogP contribution >= 0.6 is 0 Å². The van der Waals surface area contributed by atoms with Crippen molar-refractivity contribution in [3.05, 3.63) is 138 Å². The molecule has 0 spiro atoms. The summed E-state index contributed by atoms with van der Waals surface area (Å²) < 4.78 is 37.8. The van der Waals surface area contributed by atoms with E-state index < -0.39 is 42.9 Å². The first-order chi connectivity index (χ1) is 20.7. The average Bonchev–Trinajstić information content (AvgIpc) is 3.05. The zero-order valence-electron chi connectivity index (χ0n) is 23.5. The number of hydrogen-bond acceptors (Lipinski definition) is 7. The highest BCUT2D eigenvalue weighted by molar-refractivity contribution is 5.27. The number of aliphatic hydroxyl groups excluding tert-OH is 1. The van der Waals surface area contributed by atoms with Crippen LogP contribution in [0.4, 0.5) is 0 Å². The number of methoxy groups -OCH3 is 1. The number of rotatable bonds is 11. The van der Waals surface area contributed by atoms with E-state index in [-0.39, 0.29) is 0 Å². The number of hydrogen-bond donors (Lipinski definition) is 1. The van der Waals surface area contributed by atoms with Crippen molar-refractivity contribution in [1.29, 1.82) is 0 Å². The van der Waals surface area contributed by atoms with Crippen LogP contribution in [0.1, 0.15) is 28.5 Å². The number of aliphatic hydroxyl groups is 1. The summed E-state index contributed by atoms with van der Waals surface area (Å²) in [5.41, 5.74) is 3.84. The Hall–Kier alpha value is -3.56. The highest BCUT2D eigenvalue weighted by Gasteiger charge is 2.58. The normalized spacial score (nSPS) is 27.0. The molecule has 1 aliphatic carbocycles. The molecule has 7 nitrogen and oxygen atoms in total. The van der Waals surface area contributed by atoms with Gasteiger partial charge in [-0.1, -0.05) is 103 Å². The number of ether oxygens (including phenoxy) is 6. The van der Waals surface area contributed by atoms with Gasteiger partial charge < -0.3 is 33.5 Å². The van der Waals surface area contributed by atoms with E-state index in [0.29, 0.717) is 19.8 Å². The van der Waals surface area contributed by atoms with E-state index in [1.165, 1.54) is 0 Å². The second kappa shape index (κ2) is 13.6. The van der Waals surface area contributed by atoms with Gasteiger partial charge in [0, 0.05) is 5.56 Å². The fourth-order valence-corrected chi connectivity index (χ4v) is 5.56. The molecule has 1 aliphatic heterocycles. The van der Waals surface area contributed by atoms with Gasteiger partial charge in [0.05, 0.1) is 26.9 Å². The minimum absolute atomic E-state index is 0.306. The maximum Gasteiger partial charge on any atom is 0.184 e. The molecule has 7 heteroatoms. The van der Waals surface area contributed by atoms with E-state index >= 15 is 0 Å². The van der Waals surface area contributed by atoms with Crippen molar-refractivity contribution in [2.75, 3.05) is 7.11 Å². The molecule has 4 aromatic rings. The molecule has 218 valence electrons. The van der Waals surface area contributed by atoms with Gasteiger partial charge in [-0.3, -0.25) is 0 Å². The van der Waals surface area contributed by atoms with Gasteiger partial charge in [-0.15, -0.1) is 0 Å². The zero-order chi connectivity index (χ0) is 28.7. The van der Waals surface area contributed by atoms with Crippen molar-refractivity contribution in [3.8, 4) is 5.75 Å². The van der Waals surface area contributed by atoms with Gasteiger partial charge in [0.2, 0.25) is 0 Å². The van der Waals surface area contributed by atoms with Crippen LogP contribution in [0.5, 0.6) is 5.75 Å². The smallest absolute Gasteiger partial charge is 0.184 e. The topological polar surface area (TPSA) is 75.6 Å². The fourth-order valence-electron chi connectivity index (χ4n) is 5.56. The summed E-state index contributed by atoms with van der Waals surface area (Å²) in [6.07, 6.45) is -4.90. The maximum absolute atomic E-state index is 11.7. The van der Waals surface area contributed by atoms with Crippen LogP contribution in [0.25, 0.3) is 0 Å². The first-order valence-corrected chi connectivity index (χ1v) is 14.3. The average molecular weight is 569 g/mol. The van der Waals surface area contributed by atoms with Crippen molar-refractivity contribution in [3.63, 3.8) is 0 Å². The quantitative estimate of drug-likeness (QED) is 0.252. The molecule has 1 saturated carbocycles. The maximum atomic E-state index is 11.7. The summed E-state index contributed by atoms with van der Waals surface area (Å²) in [5.74, 6) is 0.775. The van der Waals surface area contributed by atoms with Gasteiger partial charge in [-0.25, -0.2) is 0 Å². The molecule has 4 aromatic carbocycles. The number of fused-ring (bicyclic) bond motifs is 2. The van der Waals surface area contributed by atoms with E-state index in [4.69, 9.17) is 28.4 Å². The van der Waals surface area contributed by atoms with E-state index in [2.05, 4.69) is 0 Å². The lowest BCUT2D eigenvalue weighted by molar-refractivity contribution is -0.373. The second-order valence-corrected chi connectivity index (χ2v) is 10.6. The third kappa shape index (κ3) is 6.57. The van der Waals surface area contributed by atoms with Gasteiger partial charge in [-0.05, 0) is 28.8 Å². The molecule has 1 heterocycles. The summed E-state index contributed by atoms with van der Waals surface area (Å²) in [6, 6.07) is 37.3. The van der Waals surface area contributed by atoms with E-state index in [9.17, 15) is 5.11 Å². The molecule has 2 aliphatic rings. The standard InChI is InChI=1S/C35H36O7/c1-37-28-19-17-26(18-20-28)23-40-32-33-30(38-21-24-11-5-2-6-12-24)29(36)31(39-22-25-13-7-3-8-14-25)34(32)42-35(41-33)27-15-9-4-10-16-27/h2-20,29-36H,21-23H2,1H3/t29?,30-,31+,32?,33+,34-,35?. The van der Waals surface area contributed by atoms with Crippen LogP contribution in [-0.2, 0) is 43.5 Å². The van der Waals surface area contributed by atoms with E-state index in [1.807, 2.05) is 115 Å². The van der Waals surface area contributed by atoms with Crippen molar-refractivity contribution >= 4 is 0 Å². The van der Waals surface area contributed by atoms with Crippen LogP contribution in [-0.4, -0.2) is 48.8 Å². The number of benzene rings is 4. The Bertz CT molecular complexity index is 1310.